The summed E-state index contributed by atoms with van der Waals surface area (Å²) in [6.07, 6.45) is 7.23. The molecule has 0 radical (unpaired) electrons. The lowest BCUT2D eigenvalue weighted by Crippen LogP contribution is -1.83. The van der Waals surface area contributed by atoms with Gasteiger partial charge in [-0.3, -0.25) is 9.97 Å². The van der Waals surface area contributed by atoms with Gasteiger partial charge in [0, 0.05) is 22.9 Å². The van der Waals surface area contributed by atoms with Crippen molar-refractivity contribution in [3.05, 3.63) is 42.9 Å². The number of nitrogens with zero attached hydrogens (tertiary/aromatic N) is 2. The van der Waals surface area contributed by atoms with Gasteiger partial charge in [0.2, 0.25) is 0 Å². The second kappa shape index (κ2) is 4.24. The van der Waals surface area contributed by atoms with Crippen molar-refractivity contribution >= 4 is 11.8 Å². The van der Waals surface area contributed by atoms with Crippen LogP contribution in [0.4, 0.5) is 0 Å². The summed E-state index contributed by atoms with van der Waals surface area (Å²) >= 11 is 1.73. The largest absolute Gasteiger partial charge is 0.261 e. The maximum atomic E-state index is 4.25. The smallest absolute Gasteiger partial charge is 0.0885 e. The minimum atomic E-state index is 0.920. The third-order valence-corrected chi connectivity index (χ3v) is 2.65. The lowest BCUT2D eigenvalue weighted by atomic mass is 10.2. The van der Waals surface area contributed by atoms with Crippen molar-refractivity contribution in [2.24, 2.45) is 0 Å². The van der Waals surface area contributed by atoms with E-state index >= 15 is 0 Å². The summed E-state index contributed by atoms with van der Waals surface area (Å²) < 4.78 is 0. The molecule has 2 rings (SSSR count). The maximum absolute atomic E-state index is 4.25. The van der Waals surface area contributed by atoms with Crippen molar-refractivity contribution in [1.82, 2.24) is 9.97 Å². The van der Waals surface area contributed by atoms with Gasteiger partial charge in [-0.05, 0) is 18.4 Å². The first-order chi connectivity index (χ1) is 6.90. The third kappa shape index (κ3) is 1.93. The number of hydrogen-bond acceptors (Lipinski definition) is 3. The molecule has 2 aromatic rings. The molecule has 0 saturated carbocycles. The highest BCUT2D eigenvalue weighted by molar-refractivity contribution is 7.98. The summed E-state index contributed by atoms with van der Waals surface area (Å²) in [5, 5.41) is 0. The SMILES string of the molecule is CSc1cccc(-c2cnccn2)c1. The summed E-state index contributed by atoms with van der Waals surface area (Å²) in [5.74, 6) is 0. The van der Waals surface area contributed by atoms with E-state index in [9.17, 15) is 0 Å². The van der Waals surface area contributed by atoms with Gasteiger partial charge in [0.1, 0.15) is 0 Å². The Labute approximate surface area is 87.4 Å². The number of benzene rings is 1. The zero-order chi connectivity index (χ0) is 9.80. The molecular weight excluding hydrogens is 192 g/mol. The summed E-state index contributed by atoms with van der Waals surface area (Å²) in [6, 6.07) is 8.29. The fraction of sp³-hybridized carbons (Fsp3) is 0.0909. The molecule has 70 valence electrons. The summed E-state index contributed by atoms with van der Waals surface area (Å²) in [6.45, 7) is 0. The minimum Gasteiger partial charge on any atom is -0.261 e. The van der Waals surface area contributed by atoms with Crippen LogP contribution in [0, 0.1) is 0 Å². The molecule has 0 atom stereocenters. The van der Waals surface area contributed by atoms with Gasteiger partial charge in [-0.15, -0.1) is 11.8 Å². The van der Waals surface area contributed by atoms with E-state index in [1.807, 2.05) is 12.1 Å². The van der Waals surface area contributed by atoms with Crippen molar-refractivity contribution in [2.75, 3.05) is 6.26 Å². The molecule has 0 N–H and O–H groups in total. The molecule has 0 aliphatic rings. The molecule has 1 heterocycles. The van der Waals surface area contributed by atoms with Crippen molar-refractivity contribution in [1.29, 1.82) is 0 Å². The Hall–Kier alpha value is -1.35. The van der Waals surface area contributed by atoms with E-state index in [0.29, 0.717) is 0 Å². The van der Waals surface area contributed by atoms with Crippen molar-refractivity contribution in [3.63, 3.8) is 0 Å². The second-order valence-electron chi connectivity index (χ2n) is 2.82. The normalized spacial score (nSPS) is 10.1. The third-order valence-electron chi connectivity index (χ3n) is 1.93. The lowest BCUT2D eigenvalue weighted by Gasteiger charge is -2.01. The quantitative estimate of drug-likeness (QED) is 0.700. The van der Waals surface area contributed by atoms with Gasteiger partial charge in [0.05, 0.1) is 11.9 Å². The van der Waals surface area contributed by atoms with Crippen LogP contribution in [-0.2, 0) is 0 Å². The number of thioether (sulfide) groups is 1. The maximum Gasteiger partial charge on any atom is 0.0885 e. The fourth-order valence-corrected chi connectivity index (χ4v) is 1.69. The van der Waals surface area contributed by atoms with E-state index in [4.69, 9.17) is 0 Å². The van der Waals surface area contributed by atoms with Crippen LogP contribution in [0.3, 0.4) is 0 Å². The molecule has 0 spiro atoms. The predicted molar refractivity (Wildman–Crippen MR) is 59.2 cm³/mol. The van der Waals surface area contributed by atoms with Crippen LogP contribution in [-0.4, -0.2) is 16.2 Å². The molecule has 0 aliphatic heterocycles. The lowest BCUT2D eigenvalue weighted by molar-refractivity contribution is 1.20. The molecule has 2 nitrogen and oxygen atoms in total. The van der Waals surface area contributed by atoms with E-state index in [1.54, 1.807) is 30.4 Å². The monoisotopic (exact) mass is 202 g/mol. The van der Waals surface area contributed by atoms with Gasteiger partial charge in [0.25, 0.3) is 0 Å². The Bertz CT molecular complexity index is 415. The van der Waals surface area contributed by atoms with Crippen molar-refractivity contribution in [3.8, 4) is 11.3 Å². The Morgan fingerprint density at radius 1 is 1.21 bits per heavy atom. The van der Waals surface area contributed by atoms with Crippen LogP contribution in [0.25, 0.3) is 11.3 Å². The fourth-order valence-electron chi connectivity index (χ4n) is 1.23. The van der Waals surface area contributed by atoms with Crippen LogP contribution in [0.2, 0.25) is 0 Å². The van der Waals surface area contributed by atoms with Crippen LogP contribution < -0.4 is 0 Å². The zero-order valence-corrected chi connectivity index (χ0v) is 8.66. The Balaban J connectivity index is 2.42. The first-order valence-electron chi connectivity index (χ1n) is 4.30. The molecule has 0 unspecified atom stereocenters. The summed E-state index contributed by atoms with van der Waals surface area (Å²) in [7, 11) is 0. The first-order valence-corrected chi connectivity index (χ1v) is 5.53. The van der Waals surface area contributed by atoms with E-state index in [0.717, 1.165) is 11.3 Å². The Morgan fingerprint density at radius 2 is 2.14 bits per heavy atom. The summed E-state index contributed by atoms with van der Waals surface area (Å²) in [4.78, 5) is 9.54. The average molecular weight is 202 g/mol. The number of aromatic nitrogens is 2. The van der Waals surface area contributed by atoms with Gasteiger partial charge in [-0.2, -0.15) is 0 Å². The molecule has 3 heteroatoms. The van der Waals surface area contributed by atoms with Gasteiger partial charge in [-0.1, -0.05) is 12.1 Å². The average Bonchev–Trinajstić information content (AvgIpc) is 2.30. The van der Waals surface area contributed by atoms with E-state index in [-0.39, 0.29) is 0 Å². The van der Waals surface area contributed by atoms with Gasteiger partial charge in [-0.25, -0.2) is 0 Å². The predicted octanol–water partition coefficient (Wildman–Crippen LogP) is 2.87. The molecule has 14 heavy (non-hydrogen) atoms. The van der Waals surface area contributed by atoms with E-state index in [2.05, 4.69) is 28.4 Å². The topological polar surface area (TPSA) is 25.8 Å². The van der Waals surface area contributed by atoms with Crippen LogP contribution in [0.15, 0.2) is 47.8 Å². The Kier molecular flexibility index (Phi) is 2.79. The van der Waals surface area contributed by atoms with Crippen molar-refractivity contribution < 1.29 is 0 Å². The molecular formula is C11H10N2S. The number of hydrogen-bond donors (Lipinski definition) is 0. The highest BCUT2D eigenvalue weighted by atomic mass is 32.2. The molecule has 0 fully saturated rings. The zero-order valence-electron chi connectivity index (χ0n) is 7.84. The van der Waals surface area contributed by atoms with Crippen LogP contribution >= 0.6 is 11.8 Å². The minimum absolute atomic E-state index is 0.920. The first kappa shape index (κ1) is 9.21. The standard InChI is InChI=1S/C11H10N2S/c1-14-10-4-2-3-9(7-10)11-8-12-5-6-13-11/h2-8H,1H3. The van der Waals surface area contributed by atoms with Crippen LogP contribution in [0.5, 0.6) is 0 Å². The molecule has 1 aromatic carbocycles. The molecule has 0 bridgehead atoms. The molecule has 0 amide bonds. The highest BCUT2D eigenvalue weighted by Gasteiger charge is 1.98. The number of rotatable bonds is 2. The van der Waals surface area contributed by atoms with E-state index < -0.39 is 0 Å². The van der Waals surface area contributed by atoms with E-state index in [1.165, 1.54) is 4.90 Å². The van der Waals surface area contributed by atoms with Gasteiger partial charge >= 0.3 is 0 Å². The summed E-state index contributed by atoms with van der Waals surface area (Å²) in [5.41, 5.74) is 2.04. The Morgan fingerprint density at radius 3 is 2.86 bits per heavy atom. The van der Waals surface area contributed by atoms with Crippen molar-refractivity contribution in [2.45, 2.75) is 4.90 Å². The van der Waals surface area contributed by atoms with Crippen LogP contribution in [0.1, 0.15) is 0 Å². The van der Waals surface area contributed by atoms with Gasteiger partial charge in [0.15, 0.2) is 0 Å². The molecule has 0 aliphatic carbocycles. The molecule has 1 aromatic heterocycles. The molecule has 0 saturated heterocycles. The highest BCUT2D eigenvalue weighted by Crippen LogP contribution is 2.21. The van der Waals surface area contributed by atoms with Gasteiger partial charge < -0.3 is 0 Å². The second-order valence-corrected chi connectivity index (χ2v) is 3.70.